The van der Waals surface area contributed by atoms with E-state index in [9.17, 15) is 5.11 Å². The van der Waals surface area contributed by atoms with Crippen LogP contribution in [0.1, 0.15) is 17.2 Å². The van der Waals surface area contributed by atoms with Crippen LogP contribution in [0, 0.1) is 0 Å². The van der Waals surface area contributed by atoms with Gasteiger partial charge in [-0.3, -0.25) is 4.98 Å². The largest absolute Gasteiger partial charge is 0.384 e. The molecular formula is C16H11BrClNO. The highest BCUT2D eigenvalue weighted by molar-refractivity contribution is 9.10. The molecule has 3 aromatic rings. The molecule has 0 saturated carbocycles. The summed E-state index contributed by atoms with van der Waals surface area (Å²) >= 11 is 9.36. The Balaban J connectivity index is 2.12. The lowest BCUT2D eigenvalue weighted by molar-refractivity contribution is 0.221. The fraction of sp³-hybridized carbons (Fsp3) is 0.0625. The Labute approximate surface area is 130 Å². The molecule has 0 aliphatic rings. The summed E-state index contributed by atoms with van der Waals surface area (Å²) in [6, 6.07) is 15.1. The minimum absolute atomic E-state index is 0.622. The van der Waals surface area contributed by atoms with Gasteiger partial charge in [-0.1, -0.05) is 41.9 Å². The van der Waals surface area contributed by atoms with Gasteiger partial charge in [0.1, 0.15) is 6.10 Å². The van der Waals surface area contributed by atoms with Gasteiger partial charge in [0, 0.05) is 21.6 Å². The first kappa shape index (κ1) is 13.6. The molecule has 2 aromatic carbocycles. The number of aliphatic hydroxyl groups is 1. The molecule has 100 valence electrons. The summed E-state index contributed by atoms with van der Waals surface area (Å²) in [6.45, 7) is 0. The van der Waals surface area contributed by atoms with Crippen molar-refractivity contribution in [3.63, 3.8) is 0 Å². The van der Waals surface area contributed by atoms with Crippen LogP contribution in [-0.2, 0) is 0 Å². The summed E-state index contributed by atoms with van der Waals surface area (Å²) in [6.07, 6.45) is 0.998. The Morgan fingerprint density at radius 3 is 2.70 bits per heavy atom. The van der Waals surface area contributed by atoms with E-state index in [1.807, 2.05) is 42.5 Å². The van der Waals surface area contributed by atoms with Crippen LogP contribution in [0.5, 0.6) is 0 Å². The average Bonchev–Trinajstić information content (AvgIpc) is 2.49. The molecule has 0 bridgehead atoms. The zero-order valence-electron chi connectivity index (χ0n) is 10.4. The van der Waals surface area contributed by atoms with E-state index in [0.29, 0.717) is 5.02 Å². The molecule has 0 aliphatic carbocycles. The van der Waals surface area contributed by atoms with Crippen LogP contribution >= 0.6 is 27.5 Å². The van der Waals surface area contributed by atoms with Gasteiger partial charge in [-0.15, -0.1) is 0 Å². The van der Waals surface area contributed by atoms with Crippen LogP contribution in [0.15, 0.2) is 59.2 Å². The number of aromatic nitrogens is 1. The van der Waals surface area contributed by atoms with Crippen LogP contribution in [0.3, 0.4) is 0 Å². The molecule has 0 aliphatic heterocycles. The summed E-state index contributed by atoms with van der Waals surface area (Å²) in [5.41, 5.74) is 2.38. The van der Waals surface area contributed by atoms with E-state index >= 15 is 0 Å². The Bertz CT molecular complexity index is 770. The van der Waals surface area contributed by atoms with E-state index in [2.05, 4.69) is 20.9 Å². The second-order valence-corrected chi connectivity index (χ2v) is 5.76. The molecule has 4 heteroatoms. The number of hydrogen-bond donors (Lipinski definition) is 1. The summed E-state index contributed by atoms with van der Waals surface area (Å²) < 4.78 is 0.768. The Morgan fingerprint density at radius 2 is 1.90 bits per heavy atom. The van der Waals surface area contributed by atoms with Crippen molar-refractivity contribution in [1.82, 2.24) is 4.98 Å². The molecule has 0 fully saturated rings. The highest BCUT2D eigenvalue weighted by atomic mass is 79.9. The predicted octanol–water partition coefficient (Wildman–Crippen LogP) is 4.73. The second-order valence-electron chi connectivity index (χ2n) is 4.50. The third-order valence-electron chi connectivity index (χ3n) is 3.22. The molecule has 1 atom stereocenters. The first-order valence-corrected chi connectivity index (χ1v) is 7.30. The quantitative estimate of drug-likeness (QED) is 0.726. The first-order chi connectivity index (χ1) is 9.66. The van der Waals surface area contributed by atoms with Crippen molar-refractivity contribution in [2.75, 3.05) is 0 Å². The maximum absolute atomic E-state index is 10.6. The van der Waals surface area contributed by atoms with Crippen molar-refractivity contribution in [3.05, 3.63) is 75.4 Å². The van der Waals surface area contributed by atoms with Crippen molar-refractivity contribution in [2.24, 2.45) is 0 Å². The lowest BCUT2D eigenvalue weighted by atomic mass is 9.99. The van der Waals surface area contributed by atoms with Crippen LogP contribution in [0.2, 0.25) is 5.02 Å². The fourth-order valence-electron chi connectivity index (χ4n) is 2.21. The zero-order valence-corrected chi connectivity index (χ0v) is 12.8. The Morgan fingerprint density at radius 1 is 1.10 bits per heavy atom. The summed E-state index contributed by atoms with van der Waals surface area (Å²) in [5.74, 6) is 0. The van der Waals surface area contributed by atoms with Crippen molar-refractivity contribution in [2.45, 2.75) is 6.10 Å². The van der Waals surface area contributed by atoms with E-state index in [1.54, 1.807) is 12.3 Å². The van der Waals surface area contributed by atoms with Gasteiger partial charge in [0.15, 0.2) is 0 Å². The van der Waals surface area contributed by atoms with Crippen molar-refractivity contribution in [1.29, 1.82) is 0 Å². The summed E-state index contributed by atoms with van der Waals surface area (Å²) in [7, 11) is 0. The van der Waals surface area contributed by atoms with Crippen LogP contribution in [-0.4, -0.2) is 10.1 Å². The van der Waals surface area contributed by atoms with Gasteiger partial charge in [0.2, 0.25) is 0 Å². The third kappa shape index (κ3) is 2.44. The highest BCUT2D eigenvalue weighted by Gasteiger charge is 2.15. The minimum Gasteiger partial charge on any atom is -0.384 e. The van der Waals surface area contributed by atoms with Gasteiger partial charge >= 0.3 is 0 Å². The van der Waals surface area contributed by atoms with Gasteiger partial charge in [0.05, 0.1) is 10.5 Å². The number of pyridine rings is 1. The molecule has 1 aromatic heterocycles. The van der Waals surface area contributed by atoms with Crippen molar-refractivity contribution >= 4 is 38.4 Å². The third-order valence-corrected chi connectivity index (χ3v) is 4.43. The topological polar surface area (TPSA) is 33.1 Å². The van der Waals surface area contributed by atoms with Gasteiger partial charge < -0.3 is 5.11 Å². The highest BCUT2D eigenvalue weighted by Crippen LogP contribution is 2.31. The maximum Gasteiger partial charge on any atom is 0.106 e. The van der Waals surface area contributed by atoms with Gasteiger partial charge in [0.25, 0.3) is 0 Å². The normalized spacial score (nSPS) is 12.6. The maximum atomic E-state index is 10.6. The molecule has 20 heavy (non-hydrogen) atoms. The Kier molecular flexibility index (Phi) is 3.74. The first-order valence-electron chi connectivity index (χ1n) is 6.13. The number of aliphatic hydroxyl groups excluding tert-OH is 1. The number of benzene rings is 2. The number of rotatable bonds is 2. The number of nitrogens with zero attached hydrogens (tertiary/aromatic N) is 1. The molecule has 1 heterocycles. The molecule has 2 nitrogen and oxygen atoms in total. The van der Waals surface area contributed by atoms with Crippen LogP contribution in [0.25, 0.3) is 10.9 Å². The molecule has 1 N–H and O–H groups in total. The van der Waals surface area contributed by atoms with Crippen LogP contribution < -0.4 is 0 Å². The van der Waals surface area contributed by atoms with Crippen LogP contribution in [0.4, 0.5) is 0 Å². The van der Waals surface area contributed by atoms with E-state index < -0.39 is 6.10 Å². The number of hydrogen-bond acceptors (Lipinski definition) is 2. The lowest BCUT2D eigenvalue weighted by Gasteiger charge is -2.14. The molecule has 0 spiro atoms. The van der Waals surface area contributed by atoms with Gasteiger partial charge in [-0.05, 0) is 39.7 Å². The average molecular weight is 349 g/mol. The van der Waals surface area contributed by atoms with E-state index in [0.717, 1.165) is 26.5 Å². The zero-order chi connectivity index (χ0) is 14.1. The second kappa shape index (κ2) is 5.52. The fourth-order valence-corrected chi connectivity index (χ4v) is 2.72. The molecular weight excluding hydrogens is 338 g/mol. The predicted molar refractivity (Wildman–Crippen MR) is 85.0 cm³/mol. The lowest BCUT2D eigenvalue weighted by Crippen LogP contribution is -2.01. The van der Waals surface area contributed by atoms with Crippen molar-refractivity contribution < 1.29 is 5.11 Å². The number of fused-ring (bicyclic) bond motifs is 1. The van der Waals surface area contributed by atoms with E-state index in [-0.39, 0.29) is 0 Å². The van der Waals surface area contributed by atoms with E-state index in [1.165, 1.54) is 0 Å². The monoisotopic (exact) mass is 347 g/mol. The molecule has 0 amide bonds. The van der Waals surface area contributed by atoms with Crippen molar-refractivity contribution in [3.8, 4) is 0 Å². The van der Waals surface area contributed by atoms with E-state index in [4.69, 9.17) is 11.6 Å². The SMILES string of the molecule is OC(c1ccc(Cl)c(Br)c1)c1cccc2cccnc12. The number of halogens is 2. The summed E-state index contributed by atoms with van der Waals surface area (Å²) in [5, 5.41) is 12.2. The van der Waals surface area contributed by atoms with Gasteiger partial charge in [-0.2, -0.15) is 0 Å². The smallest absolute Gasteiger partial charge is 0.106 e. The molecule has 1 unspecified atom stereocenters. The molecule has 3 rings (SSSR count). The minimum atomic E-state index is -0.734. The number of para-hydroxylation sites is 1. The van der Waals surface area contributed by atoms with Gasteiger partial charge in [-0.25, -0.2) is 0 Å². The standard InChI is InChI=1S/C16H11BrClNO/c17-13-9-11(6-7-14(13)18)16(20)12-5-1-3-10-4-2-8-19-15(10)12/h1-9,16,20H. The molecule has 0 radical (unpaired) electrons. The summed E-state index contributed by atoms with van der Waals surface area (Å²) in [4.78, 5) is 4.37. The Hall–Kier alpha value is -1.42. The molecule has 0 saturated heterocycles.